The van der Waals surface area contributed by atoms with Crippen LogP contribution < -0.4 is 9.47 Å². The Morgan fingerprint density at radius 1 is 0.880 bits per heavy atom. The zero-order valence-corrected chi connectivity index (χ0v) is 16.0. The predicted molar refractivity (Wildman–Crippen MR) is 100 cm³/mol. The number of benzene rings is 1. The van der Waals surface area contributed by atoms with Gasteiger partial charge in [-0.1, -0.05) is 50.6 Å². The van der Waals surface area contributed by atoms with Gasteiger partial charge in [-0.15, -0.1) is 0 Å². The maximum Gasteiger partial charge on any atom is 0.187 e. The molecule has 25 heavy (non-hydrogen) atoms. The summed E-state index contributed by atoms with van der Waals surface area (Å²) in [7, 11) is 0. The van der Waals surface area contributed by atoms with Gasteiger partial charge in [0.15, 0.2) is 11.6 Å². The summed E-state index contributed by atoms with van der Waals surface area (Å²) in [6.07, 6.45) is 11.1. The molecule has 2 aliphatic carbocycles. The molecule has 4 heteroatoms. The second-order valence-corrected chi connectivity index (χ2v) is 8.32. The smallest absolute Gasteiger partial charge is 0.187 e. The van der Waals surface area contributed by atoms with E-state index >= 15 is 0 Å². The van der Waals surface area contributed by atoms with Crippen molar-refractivity contribution in [2.24, 2.45) is 17.8 Å². The average Bonchev–Trinajstić information content (AvgIpc) is 2.64. The third kappa shape index (κ3) is 5.26. The second kappa shape index (κ2) is 9.12. The van der Waals surface area contributed by atoms with Crippen molar-refractivity contribution < 1.29 is 13.9 Å². The van der Waals surface area contributed by atoms with Crippen molar-refractivity contribution in [1.82, 2.24) is 0 Å². The van der Waals surface area contributed by atoms with E-state index < -0.39 is 5.82 Å². The van der Waals surface area contributed by atoms with Crippen LogP contribution in [0.25, 0.3) is 0 Å². The molecule has 0 amide bonds. The van der Waals surface area contributed by atoms with Crippen LogP contribution in [0.3, 0.4) is 0 Å². The lowest BCUT2D eigenvalue weighted by molar-refractivity contribution is 0.182. The van der Waals surface area contributed by atoms with Crippen molar-refractivity contribution in [2.45, 2.75) is 64.7 Å². The van der Waals surface area contributed by atoms with Gasteiger partial charge in [-0.25, -0.2) is 4.39 Å². The summed E-state index contributed by atoms with van der Waals surface area (Å²) in [5.74, 6) is 2.08. The quantitative estimate of drug-likeness (QED) is 0.560. The summed E-state index contributed by atoms with van der Waals surface area (Å²) in [4.78, 5) is 0. The van der Waals surface area contributed by atoms with Crippen LogP contribution in [0.1, 0.15) is 64.7 Å². The Morgan fingerprint density at radius 3 is 2.12 bits per heavy atom. The summed E-state index contributed by atoms with van der Waals surface area (Å²) in [5, 5.41) is 0.0468. The first kappa shape index (κ1) is 18.8. The first-order valence-electron chi connectivity index (χ1n) is 9.87. The van der Waals surface area contributed by atoms with E-state index in [1.807, 2.05) is 0 Å². The minimum absolute atomic E-state index is 0.0468. The molecule has 0 unspecified atom stereocenters. The van der Waals surface area contributed by atoms with Gasteiger partial charge in [0.05, 0.1) is 13.2 Å². The fourth-order valence-corrected chi connectivity index (χ4v) is 4.21. The Morgan fingerprint density at radius 2 is 1.44 bits per heavy atom. The largest absolute Gasteiger partial charge is 0.492 e. The second-order valence-electron chi connectivity index (χ2n) is 7.94. The SMILES string of the molecule is CC1CCC(COc2ccc(OCC3CCCCC3)c(Cl)c2F)CC1. The Hall–Kier alpha value is -0.960. The molecule has 1 aromatic carbocycles. The van der Waals surface area contributed by atoms with Gasteiger partial charge >= 0.3 is 0 Å². The van der Waals surface area contributed by atoms with E-state index in [1.165, 1.54) is 57.8 Å². The van der Waals surface area contributed by atoms with Crippen LogP contribution in [-0.4, -0.2) is 13.2 Å². The summed E-state index contributed by atoms with van der Waals surface area (Å²) in [6.45, 7) is 3.49. The average molecular weight is 369 g/mol. The number of ether oxygens (including phenoxy) is 2. The van der Waals surface area contributed by atoms with Crippen molar-refractivity contribution in [1.29, 1.82) is 0 Å². The molecule has 2 nitrogen and oxygen atoms in total. The maximum absolute atomic E-state index is 14.5. The molecule has 3 rings (SSSR count). The van der Waals surface area contributed by atoms with Gasteiger partial charge in [0.25, 0.3) is 0 Å². The van der Waals surface area contributed by atoms with E-state index in [0.717, 1.165) is 5.92 Å². The lowest BCUT2D eigenvalue weighted by Gasteiger charge is -2.26. The van der Waals surface area contributed by atoms with Crippen LogP contribution >= 0.6 is 11.6 Å². The van der Waals surface area contributed by atoms with Crippen molar-refractivity contribution in [3.8, 4) is 11.5 Å². The molecule has 1 aromatic rings. The molecule has 2 saturated carbocycles. The molecule has 0 bridgehead atoms. The normalized spacial score (nSPS) is 24.9. The third-order valence-corrected chi connectivity index (χ3v) is 6.17. The summed E-state index contributed by atoms with van der Waals surface area (Å²) in [6, 6.07) is 3.40. The molecule has 140 valence electrons. The molecule has 0 atom stereocenters. The Kier molecular flexibility index (Phi) is 6.86. The minimum atomic E-state index is -0.494. The van der Waals surface area contributed by atoms with Crippen LogP contribution in [0, 0.1) is 23.6 Å². The zero-order chi connectivity index (χ0) is 17.6. The minimum Gasteiger partial charge on any atom is -0.492 e. The van der Waals surface area contributed by atoms with Crippen LogP contribution in [0.15, 0.2) is 12.1 Å². The number of halogens is 2. The van der Waals surface area contributed by atoms with E-state index in [4.69, 9.17) is 21.1 Å². The van der Waals surface area contributed by atoms with E-state index in [2.05, 4.69) is 6.92 Å². The molecular weight excluding hydrogens is 339 g/mol. The molecular formula is C21H30ClFO2. The third-order valence-electron chi connectivity index (χ3n) is 5.82. The van der Waals surface area contributed by atoms with Gasteiger partial charge in [-0.3, -0.25) is 0 Å². The first-order chi connectivity index (χ1) is 12.1. The molecule has 0 aromatic heterocycles. The first-order valence-corrected chi connectivity index (χ1v) is 10.2. The van der Waals surface area contributed by atoms with Crippen LogP contribution in [0.5, 0.6) is 11.5 Å². The number of hydrogen-bond donors (Lipinski definition) is 0. The van der Waals surface area contributed by atoms with Gasteiger partial charge in [0, 0.05) is 0 Å². The zero-order valence-electron chi connectivity index (χ0n) is 15.2. The van der Waals surface area contributed by atoms with Gasteiger partial charge in [-0.05, 0) is 55.6 Å². The summed E-state index contributed by atoms with van der Waals surface area (Å²) < 4.78 is 26.0. The van der Waals surface area contributed by atoms with Crippen molar-refractivity contribution in [2.75, 3.05) is 13.2 Å². The molecule has 0 N–H and O–H groups in total. The molecule has 0 saturated heterocycles. The lowest BCUT2D eigenvalue weighted by atomic mass is 9.83. The molecule has 0 spiro atoms. The Bertz CT molecular complexity index is 549. The highest BCUT2D eigenvalue weighted by atomic mass is 35.5. The molecule has 0 heterocycles. The van der Waals surface area contributed by atoms with E-state index in [9.17, 15) is 4.39 Å². The summed E-state index contributed by atoms with van der Waals surface area (Å²) >= 11 is 6.18. The van der Waals surface area contributed by atoms with Gasteiger partial charge in [0.1, 0.15) is 10.8 Å². The lowest BCUT2D eigenvalue weighted by Crippen LogP contribution is -2.19. The van der Waals surface area contributed by atoms with Crippen LogP contribution in [0.2, 0.25) is 5.02 Å². The number of rotatable bonds is 6. The monoisotopic (exact) mass is 368 g/mol. The van der Waals surface area contributed by atoms with E-state index in [-0.39, 0.29) is 10.8 Å². The van der Waals surface area contributed by atoms with Crippen LogP contribution in [0.4, 0.5) is 4.39 Å². The van der Waals surface area contributed by atoms with Crippen molar-refractivity contribution in [3.05, 3.63) is 23.0 Å². The Balaban J connectivity index is 1.52. The Labute approximate surface area is 156 Å². The van der Waals surface area contributed by atoms with Crippen LogP contribution in [-0.2, 0) is 0 Å². The highest BCUT2D eigenvalue weighted by molar-refractivity contribution is 6.32. The van der Waals surface area contributed by atoms with Gasteiger partial charge < -0.3 is 9.47 Å². The molecule has 2 aliphatic rings. The highest BCUT2D eigenvalue weighted by Gasteiger charge is 2.21. The predicted octanol–water partition coefficient (Wildman–Crippen LogP) is 6.64. The van der Waals surface area contributed by atoms with E-state index in [1.54, 1.807) is 12.1 Å². The van der Waals surface area contributed by atoms with Crippen molar-refractivity contribution >= 4 is 11.6 Å². The molecule has 0 radical (unpaired) electrons. The van der Waals surface area contributed by atoms with Gasteiger partial charge in [0.2, 0.25) is 0 Å². The fourth-order valence-electron chi connectivity index (χ4n) is 4.00. The molecule has 0 aliphatic heterocycles. The van der Waals surface area contributed by atoms with Gasteiger partial charge in [-0.2, -0.15) is 0 Å². The fraction of sp³-hybridized carbons (Fsp3) is 0.714. The summed E-state index contributed by atoms with van der Waals surface area (Å²) in [5.41, 5.74) is 0. The molecule has 2 fully saturated rings. The van der Waals surface area contributed by atoms with E-state index in [0.29, 0.717) is 30.8 Å². The maximum atomic E-state index is 14.5. The standard InChI is InChI=1S/C21H30ClFO2/c1-15-7-9-17(10-8-15)14-25-19-12-11-18(20(22)21(19)23)24-13-16-5-3-2-4-6-16/h11-12,15-17H,2-10,13-14H2,1H3. The topological polar surface area (TPSA) is 18.5 Å². The highest BCUT2D eigenvalue weighted by Crippen LogP contribution is 2.35. The van der Waals surface area contributed by atoms with Crippen molar-refractivity contribution in [3.63, 3.8) is 0 Å². The number of hydrogen-bond acceptors (Lipinski definition) is 2.